The van der Waals surface area contributed by atoms with Crippen molar-refractivity contribution in [1.82, 2.24) is 4.98 Å². The van der Waals surface area contributed by atoms with E-state index in [0.29, 0.717) is 6.04 Å². The lowest BCUT2D eigenvalue weighted by molar-refractivity contribution is 0.771. The molecule has 0 aliphatic heterocycles. The minimum Gasteiger partial charge on any atom is -0.359 e. The van der Waals surface area contributed by atoms with Crippen molar-refractivity contribution >= 4 is 38.4 Å². The Bertz CT molecular complexity index is 493. The van der Waals surface area contributed by atoms with E-state index in [9.17, 15) is 0 Å². The minimum absolute atomic E-state index is 0.489. The van der Waals surface area contributed by atoms with Gasteiger partial charge in [-0.25, -0.2) is 4.98 Å². The van der Waals surface area contributed by atoms with E-state index in [1.165, 1.54) is 22.4 Å². The molecule has 0 radical (unpaired) electrons. The molecule has 2 aromatic rings. The highest BCUT2D eigenvalue weighted by atomic mass is 32.2. The van der Waals surface area contributed by atoms with Gasteiger partial charge in [0.1, 0.15) is 0 Å². The van der Waals surface area contributed by atoms with Crippen molar-refractivity contribution in [2.45, 2.75) is 26.3 Å². The first-order valence-corrected chi connectivity index (χ1v) is 8.03. The van der Waals surface area contributed by atoms with Gasteiger partial charge >= 0.3 is 0 Å². The van der Waals surface area contributed by atoms with E-state index in [0.717, 1.165) is 10.6 Å². The van der Waals surface area contributed by atoms with Crippen molar-refractivity contribution in [2.24, 2.45) is 0 Å². The molecule has 1 atom stereocenters. The van der Waals surface area contributed by atoms with Crippen molar-refractivity contribution in [3.05, 3.63) is 23.8 Å². The van der Waals surface area contributed by atoms with Crippen LogP contribution in [0.1, 0.15) is 18.9 Å². The normalized spacial score (nSPS) is 12.9. The average molecular weight is 266 g/mol. The van der Waals surface area contributed by atoms with E-state index in [-0.39, 0.29) is 0 Å². The molecule has 4 heteroatoms. The molecule has 17 heavy (non-hydrogen) atoms. The number of nitrogens with one attached hydrogen (secondary N) is 1. The van der Waals surface area contributed by atoms with Crippen LogP contribution in [0.3, 0.4) is 0 Å². The van der Waals surface area contributed by atoms with Gasteiger partial charge < -0.3 is 5.32 Å². The average Bonchev–Trinajstić information content (AvgIpc) is 2.70. The summed E-state index contributed by atoms with van der Waals surface area (Å²) in [5, 5.41) is 4.53. The molecule has 1 aromatic heterocycles. The molecule has 1 unspecified atom stereocenters. The zero-order valence-electron chi connectivity index (χ0n) is 10.5. The molecular formula is C13H18N2S2. The summed E-state index contributed by atoms with van der Waals surface area (Å²) in [7, 11) is 0. The predicted molar refractivity (Wildman–Crippen MR) is 80.4 cm³/mol. The third kappa shape index (κ3) is 3.13. The summed E-state index contributed by atoms with van der Waals surface area (Å²) in [5.74, 6) is 1.19. The topological polar surface area (TPSA) is 24.9 Å². The molecule has 0 amide bonds. The quantitative estimate of drug-likeness (QED) is 0.879. The van der Waals surface area contributed by atoms with Gasteiger partial charge in [0, 0.05) is 6.04 Å². The number of anilines is 1. The molecule has 2 rings (SSSR count). The first kappa shape index (κ1) is 12.7. The van der Waals surface area contributed by atoms with E-state index in [2.05, 4.69) is 48.6 Å². The first-order chi connectivity index (χ1) is 8.20. The van der Waals surface area contributed by atoms with Crippen molar-refractivity contribution in [2.75, 3.05) is 17.3 Å². The Morgan fingerprint density at radius 3 is 3.00 bits per heavy atom. The lowest BCUT2D eigenvalue weighted by Crippen LogP contribution is -2.15. The van der Waals surface area contributed by atoms with Crippen LogP contribution in [0.2, 0.25) is 0 Å². The second-order valence-electron chi connectivity index (χ2n) is 4.27. The molecule has 1 heterocycles. The van der Waals surface area contributed by atoms with Gasteiger partial charge in [0.05, 0.1) is 10.2 Å². The SMILES string of the molecule is CSCCC(C)Nc1nc2c(C)cccc2s1. The van der Waals surface area contributed by atoms with E-state index in [4.69, 9.17) is 0 Å². The molecule has 0 bridgehead atoms. The Morgan fingerprint density at radius 2 is 2.29 bits per heavy atom. The summed E-state index contributed by atoms with van der Waals surface area (Å²) in [5.41, 5.74) is 2.39. The van der Waals surface area contributed by atoms with E-state index in [1.54, 1.807) is 11.3 Å². The molecule has 2 nitrogen and oxygen atoms in total. The van der Waals surface area contributed by atoms with E-state index in [1.807, 2.05) is 11.8 Å². The van der Waals surface area contributed by atoms with Gasteiger partial charge in [0.2, 0.25) is 0 Å². The van der Waals surface area contributed by atoms with Gasteiger partial charge in [-0.15, -0.1) is 0 Å². The summed E-state index contributed by atoms with van der Waals surface area (Å²) < 4.78 is 1.27. The molecule has 1 N–H and O–H groups in total. The van der Waals surface area contributed by atoms with Crippen LogP contribution in [0, 0.1) is 6.92 Å². The Kier molecular flexibility index (Phi) is 4.29. The highest BCUT2D eigenvalue weighted by Gasteiger charge is 2.08. The van der Waals surface area contributed by atoms with Gasteiger partial charge in [-0.1, -0.05) is 23.5 Å². The third-order valence-corrected chi connectivity index (χ3v) is 4.34. The standard InChI is InChI=1S/C13H18N2S2/c1-9-5-4-6-11-12(9)15-13(17-11)14-10(2)7-8-16-3/h4-6,10H,7-8H2,1-3H3,(H,14,15). The highest BCUT2D eigenvalue weighted by Crippen LogP contribution is 2.28. The number of fused-ring (bicyclic) bond motifs is 1. The largest absolute Gasteiger partial charge is 0.359 e. The maximum atomic E-state index is 4.66. The second kappa shape index (κ2) is 5.74. The predicted octanol–water partition coefficient (Wildman–Crippen LogP) is 4.16. The molecule has 0 saturated carbocycles. The van der Waals surface area contributed by atoms with Crippen LogP contribution < -0.4 is 5.32 Å². The molecule has 0 saturated heterocycles. The van der Waals surface area contributed by atoms with Gasteiger partial charge in [-0.3, -0.25) is 0 Å². The smallest absolute Gasteiger partial charge is 0.184 e. The van der Waals surface area contributed by atoms with Gasteiger partial charge in [-0.05, 0) is 43.9 Å². The summed E-state index contributed by atoms with van der Waals surface area (Å²) >= 11 is 3.64. The Morgan fingerprint density at radius 1 is 1.47 bits per heavy atom. The fraction of sp³-hybridized carbons (Fsp3) is 0.462. The zero-order chi connectivity index (χ0) is 12.3. The molecule has 0 aliphatic rings. The Balaban J connectivity index is 2.11. The molecule has 0 spiro atoms. The minimum atomic E-state index is 0.489. The number of aryl methyl sites for hydroxylation is 1. The molecule has 1 aromatic carbocycles. The van der Waals surface area contributed by atoms with E-state index < -0.39 is 0 Å². The van der Waals surface area contributed by atoms with Gasteiger partial charge in [-0.2, -0.15) is 11.8 Å². The van der Waals surface area contributed by atoms with Crippen LogP contribution in [0.15, 0.2) is 18.2 Å². The maximum absolute atomic E-state index is 4.66. The number of benzene rings is 1. The second-order valence-corrected chi connectivity index (χ2v) is 6.28. The number of aromatic nitrogens is 1. The number of hydrogen-bond donors (Lipinski definition) is 1. The fourth-order valence-corrected chi connectivity index (χ4v) is 3.37. The molecule has 0 fully saturated rings. The van der Waals surface area contributed by atoms with Crippen molar-refractivity contribution < 1.29 is 0 Å². The summed E-state index contributed by atoms with van der Waals surface area (Å²) in [6.07, 6.45) is 3.32. The third-order valence-electron chi connectivity index (χ3n) is 2.75. The lowest BCUT2D eigenvalue weighted by atomic mass is 10.2. The molecular weight excluding hydrogens is 248 g/mol. The van der Waals surface area contributed by atoms with Crippen molar-refractivity contribution in [3.63, 3.8) is 0 Å². The van der Waals surface area contributed by atoms with Crippen LogP contribution in [-0.2, 0) is 0 Å². The first-order valence-electron chi connectivity index (χ1n) is 5.82. The Hall–Kier alpha value is -0.740. The number of rotatable bonds is 5. The van der Waals surface area contributed by atoms with Crippen molar-refractivity contribution in [3.8, 4) is 0 Å². The summed E-state index contributed by atoms with van der Waals surface area (Å²) in [6.45, 7) is 4.33. The van der Waals surface area contributed by atoms with Crippen molar-refractivity contribution in [1.29, 1.82) is 0 Å². The van der Waals surface area contributed by atoms with Gasteiger partial charge in [0.25, 0.3) is 0 Å². The van der Waals surface area contributed by atoms with Crippen LogP contribution >= 0.6 is 23.1 Å². The van der Waals surface area contributed by atoms with Crippen LogP contribution in [0.5, 0.6) is 0 Å². The zero-order valence-corrected chi connectivity index (χ0v) is 12.1. The lowest BCUT2D eigenvalue weighted by Gasteiger charge is -2.11. The summed E-state index contributed by atoms with van der Waals surface area (Å²) in [4.78, 5) is 4.66. The number of nitrogens with zero attached hydrogens (tertiary/aromatic N) is 1. The maximum Gasteiger partial charge on any atom is 0.184 e. The van der Waals surface area contributed by atoms with Crippen LogP contribution in [0.4, 0.5) is 5.13 Å². The monoisotopic (exact) mass is 266 g/mol. The fourth-order valence-electron chi connectivity index (χ4n) is 1.73. The van der Waals surface area contributed by atoms with Gasteiger partial charge in [0.15, 0.2) is 5.13 Å². The van der Waals surface area contributed by atoms with Crippen LogP contribution in [0.25, 0.3) is 10.2 Å². The Labute approximate surface area is 111 Å². The van der Waals surface area contributed by atoms with E-state index >= 15 is 0 Å². The number of thioether (sulfide) groups is 1. The molecule has 92 valence electrons. The van der Waals surface area contributed by atoms with Crippen LogP contribution in [-0.4, -0.2) is 23.0 Å². The molecule has 0 aliphatic carbocycles. The number of thiazole rings is 1. The number of para-hydroxylation sites is 1. The highest BCUT2D eigenvalue weighted by molar-refractivity contribution is 7.98. The number of hydrogen-bond acceptors (Lipinski definition) is 4. The summed E-state index contributed by atoms with van der Waals surface area (Å²) in [6, 6.07) is 6.83.